The maximum absolute atomic E-state index is 13.7. The van der Waals surface area contributed by atoms with Crippen molar-refractivity contribution in [2.45, 2.75) is 0 Å². The third kappa shape index (κ3) is 2.74. The van der Waals surface area contributed by atoms with Crippen molar-refractivity contribution in [3.8, 4) is 11.5 Å². The summed E-state index contributed by atoms with van der Waals surface area (Å²) in [5.74, 6) is -3.09. The molecular weight excluding hydrogens is 265 g/mol. The summed E-state index contributed by atoms with van der Waals surface area (Å²) in [7, 11) is 0. The highest BCUT2D eigenvalue weighted by atomic mass is 19.1. The van der Waals surface area contributed by atoms with E-state index in [4.69, 9.17) is 15.6 Å². The van der Waals surface area contributed by atoms with Crippen LogP contribution in [-0.4, -0.2) is 17.0 Å². The second-order valence-corrected chi connectivity index (χ2v) is 3.92. The third-order valence-corrected chi connectivity index (χ3v) is 2.54. The Labute approximate surface area is 113 Å². The molecule has 3 N–H and O–H groups in total. The van der Waals surface area contributed by atoms with Crippen molar-refractivity contribution < 1.29 is 23.8 Å². The molecule has 6 heteroatoms. The number of carbonyl (C=O) groups is 2. The van der Waals surface area contributed by atoms with Gasteiger partial charge in [0.05, 0.1) is 0 Å². The van der Waals surface area contributed by atoms with E-state index in [1.165, 1.54) is 36.4 Å². The predicted octanol–water partition coefficient (Wildman–Crippen LogP) is 2.42. The van der Waals surface area contributed by atoms with Crippen LogP contribution in [0.2, 0.25) is 0 Å². The predicted molar refractivity (Wildman–Crippen MR) is 68.4 cm³/mol. The Morgan fingerprint density at radius 2 is 1.85 bits per heavy atom. The molecule has 0 aliphatic rings. The lowest BCUT2D eigenvalue weighted by Crippen LogP contribution is -2.10. The molecule has 0 heterocycles. The molecule has 0 fully saturated rings. The van der Waals surface area contributed by atoms with Crippen molar-refractivity contribution in [2.75, 3.05) is 0 Å². The molecule has 102 valence electrons. The van der Waals surface area contributed by atoms with E-state index in [1.54, 1.807) is 0 Å². The molecule has 0 bridgehead atoms. The van der Waals surface area contributed by atoms with Gasteiger partial charge in [-0.05, 0) is 30.3 Å². The fourth-order valence-electron chi connectivity index (χ4n) is 1.61. The van der Waals surface area contributed by atoms with Crippen molar-refractivity contribution in [3.05, 3.63) is 59.4 Å². The Morgan fingerprint density at radius 3 is 2.50 bits per heavy atom. The van der Waals surface area contributed by atoms with E-state index in [-0.39, 0.29) is 16.9 Å². The number of benzene rings is 2. The summed E-state index contributed by atoms with van der Waals surface area (Å²) >= 11 is 0. The first-order valence-corrected chi connectivity index (χ1v) is 5.58. The second-order valence-electron chi connectivity index (χ2n) is 3.92. The molecule has 0 atom stereocenters. The first-order chi connectivity index (χ1) is 9.49. The lowest BCUT2D eigenvalue weighted by atomic mass is 10.2. The van der Waals surface area contributed by atoms with Crippen LogP contribution in [0, 0.1) is 5.82 Å². The molecule has 0 saturated heterocycles. The fraction of sp³-hybridized carbons (Fsp3) is 0. The molecule has 2 aromatic rings. The standard InChI is InChI=1S/C14H10FNO4/c15-11-6-2-5-10(14(18)19)12(11)20-9-4-1-3-8(7-9)13(16)17/h1-7H,(H2,16,17)(H,18,19). The van der Waals surface area contributed by atoms with Crippen LogP contribution in [0.15, 0.2) is 42.5 Å². The van der Waals surface area contributed by atoms with Gasteiger partial charge in [0.1, 0.15) is 11.3 Å². The number of carbonyl (C=O) groups excluding carboxylic acids is 1. The van der Waals surface area contributed by atoms with Crippen LogP contribution in [-0.2, 0) is 0 Å². The van der Waals surface area contributed by atoms with Crippen LogP contribution in [0.3, 0.4) is 0 Å². The topological polar surface area (TPSA) is 89.6 Å². The van der Waals surface area contributed by atoms with Gasteiger partial charge in [0.25, 0.3) is 0 Å². The molecule has 0 unspecified atom stereocenters. The molecule has 0 spiro atoms. The number of rotatable bonds is 4. The minimum Gasteiger partial charge on any atom is -0.478 e. The largest absolute Gasteiger partial charge is 0.478 e. The first-order valence-electron chi connectivity index (χ1n) is 5.58. The van der Waals surface area contributed by atoms with Gasteiger partial charge in [-0.15, -0.1) is 0 Å². The Kier molecular flexibility index (Phi) is 3.65. The van der Waals surface area contributed by atoms with Crippen molar-refractivity contribution in [2.24, 2.45) is 5.73 Å². The van der Waals surface area contributed by atoms with E-state index in [2.05, 4.69) is 0 Å². The quantitative estimate of drug-likeness (QED) is 0.896. The summed E-state index contributed by atoms with van der Waals surface area (Å²) in [6.07, 6.45) is 0. The van der Waals surface area contributed by atoms with E-state index < -0.39 is 23.4 Å². The van der Waals surface area contributed by atoms with Gasteiger partial charge >= 0.3 is 5.97 Å². The highest BCUT2D eigenvalue weighted by molar-refractivity contribution is 5.93. The van der Waals surface area contributed by atoms with Gasteiger partial charge in [0.15, 0.2) is 11.6 Å². The lowest BCUT2D eigenvalue weighted by molar-refractivity contribution is 0.0693. The number of hydrogen-bond acceptors (Lipinski definition) is 3. The van der Waals surface area contributed by atoms with Gasteiger partial charge in [0.2, 0.25) is 5.91 Å². The van der Waals surface area contributed by atoms with E-state index in [0.717, 1.165) is 6.07 Å². The lowest BCUT2D eigenvalue weighted by Gasteiger charge is -2.10. The summed E-state index contributed by atoms with van der Waals surface area (Å²) < 4.78 is 18.9. The van der Waals surface area contributed by atoms with Crippen LogP contribution in [0.5, 0.6) is 11.5 Å². The third-order valence-electron chi connectivity index (χ3n) is 2.54. The van der Waals surface area contributed by atoms with Crippen molar-refractivity contribution in [1.29, 1.82) is 0 Å². The Hall–Kier alpha value is -2.89. The van der Waals surface area contributed by atoms with Crippen LogP contribution >= 0.6 is 0 Å². The summed E-state index contributed by atoms with van der Waals surface area (Å²) in [4.78, 5) is 22.1. The fourth-order valence-corrected chi connectivity index (χ4v) is 1.61. The number of para-hydroxylation sites is 1. The number of nitrogens with two attached hydrogens (primary N) is 1. The van der Waals surface area contributed by atoms with Gasteiger partial charge in [-0.25, -0.2) is 9.18 Å². The molecule has 1 amide bonds. The van der Waals surface area contributed by atoms with Crippen molar-refractivity contribution >= 4 is 11.9 Å². The molecule has 0 aromatic heterocycles. The van der Waals surface area contributed by atoms with Gasteiger partial charge in [0, 0.05) is 5.56 Å². The number of aromatic carboxylic acids is 1. The van der Waals surface area contributed by atoms with E-state index >= 15 is 0 Å². The molecule has 0 radical (unpaired) electrons. The summed E-state index contributed by atoms with van der Waals surface area (Å²) in [6, 6.07) is 9.31. The molecule has 0 aliphatic carbocycles. The average molecular weight is 275 g/mol. The monoisotopic (exact) mass is 275 g/mol. The normalized spacial score (nSPS) is 10.1. The van der Waals surface area contributed by atoms with Gasteiger partial charge in [-0.2, -0.15) is 0 Å². The number of carboxylic acids is 1. The van der Waals surface area contributed by atoms with Crippen molar-refractivity contribution in [1.82, 2.24) is 0 Å². The van der Waals surface area contributed by atoms with E-state index in [1.807, 2.05) is 0 Å². The smallest absolute Gasteiger partial charge is 0.339 e. The van der Waals surface area contributed by atoms with E-state index in [9.17, 15) is 14.0 Å². The Morgan fingerprint density at radius 1 is 1.15 bits per heavy atom. The highest BCUT2D eigenvalue weighted by Gasteiger charge is 2.16. The highest BCUT2D eigenvalue weighted by Crippen LogP contribution is 2.28. The average Bonchev–Trinajstić information content (AvgIpc) is 2.41. The zero-order chi connectivity index (χ0) is 14.7. The summed E-state index contributed by atoms with van der Waals surface area (Å²) in [6.45, 7) is 0. The molecule has 20 heavy (non-hydrogen) atoms. The summed E-state index contributed by atoms with van der Waals surface area (Å²) in [5.41, 5.74) is 4.99. The van der Waals surface area contributed by atoms with Crippen molar-refractivity contribution in [3.63, 3.8) is 0 Å². The number of amides is 1. The van der Waals surface area contributed by atoms with E-state index in [0.29, 0.717) is 0 Å². The second kappa shape index (κ2) is 5.40. The minimum absolute atomic E-state index is 0.119. The van der Waals surface area contributed by atoms with Gasteiger partial charge < -0.3 is 15.6 Å². The van der Waals surface area contributed by atoms with Crippen LogP contribution in [0.1, 0.15) is 20.7 Å². The molecule has 5 nitrogen and oxygen atoms in total. The molecular formula is C14H10FNO4. The van der Waals surface area contributed by atoms with Crippen LogP contribution in [0.4, 0.5) is 4.39 Å². The number of hydrogen-bond donors (Lipinski definition) is 2. The molecule has 0 saturated carbocycles. The number of ether oxygens (including phenoxy) is 1. The zero-order valence-corrected chi connectivity index (χ0v) is 10.2. The number of carboxylic acid groups (broad SMARTS) is 1. The minimum atomic E-state index is -1.31. The molecule has 0 aliphatic heterocycles. The Bertz CT molecular complexity index is 685. The Balaban J connectivity index is 2.42. The SMILES string of the molecule is NC(=O)c1cccc(Oc2c(F)cccc2C(=O)O)c1. The zero-order valence-electron chi connectivity index (χ0n) is 10.2. The van der Waals surface area contributed by atoms with Gasteiger partial charge in [-0.1, -0.05) is 12.1 Å². The first kappa shape index (κ1) is 13.5. The maximum Gasteiger partial charge on any atom is 0.339 e. The van der Waals surface area contributed by atoms with Crippen LogP contribution in [0.25, 0.3) is 0 Å². The number of halogens is 1. The van der Waals surface area contributed by atoms with Gasteiger partial charge in [-0.3, -0.25) is 4.79 Å². The maximum atomic E-state index is 13.7. The van der Waals surface area contributed by atoms with Crippen LogP contribution < -0.4 is 10.5 Å². The molecule has 2 aromatic carbocycles. The summed E-state index contributed by atoms with van der Waals surface area (Å²) in [5, 5.41) is 8.99. The molecule has 2 rings (SSSR count). The number of primary amides is 1.